The van der Waals surface area contributed by atoms with Gasteiger partial charge in [0.05, 0.1) is 16.2 Å². The number of hydrogen-bond acceptors (Lipinski definition) is 5. The highest BCUT2D eigenvalue weighted by Crippen LogP contribution is 2.39. The Balaban J connectivity index is 0.000000258. The van der Waals surface area contributed by atoms with Crippen molar-refractivity contribution in [1.82, 2.24) is 10.1 Å². The molecule has 0 unspecified atom stereocenters. The van der Waals surface area contributed by atoms with Gasteiger partial charge in [0, 0.05) is 33.6 Å². The highest BCUT2D eigenvalue weighted by atomic mass is 35.5. The molecule has 2 N–H and O–H groups in total. The second-order valence-electron chi connectivity index (χ2n) is 6.40. The number of fused-ring (bicyclic) bond motifs is 1. The molecular formula is C19H22ClN3OS. The van der Waals surface area contributed by atoms with E-state index in [4.69, 9.17) is 21.9 Å². The molecule has 1 aliphatic rings. The molecular weight excluding hydrogens is 354 g/mol. The molecule has 1 saturated carbocycles. The average molecular weight is 376 g/mol. The number of benzene rings is 1. The Bertz CT molecular complexity index is 868. The minimum absolute atomic E-state index is 0.546. The lowest BCUT2D eigenvalue weighted by Gasteiger charge is -2.09. The molecule has 0 saturated heterocycles. The fraction of sp³-hybridized carbons (Fsp3) is 0.368. The largest absolute Gasteiger partial charge is 0.361 e. The van der Waals surface area contributed by atoms with Crippen molar-refractivity contribution in [2.45, 2.75) is 50.5 Å². The van der Waals surface area contributed by atoms with Crippen LogP contribution in [-0.4, -0.2) is 16.2 Å². The summed E-state index contributed by atoms with van der Waals surface area (Å²) < 4.78 is 5.20. The van der Waals surface area contributed by atoms with Crippen molar-refractivity contribution in [3.63, 3.8) is 0 Å². The first-order chi connectivity index (χ1) is 12.0. The topological polar surface area (TPSA) is 64.9 Å². The van der Waals surface area contributed by atoms with Gasteiger partial charge in [0.25, 0.3) is 0 Å². The summed E-state index contributed by atoms with van der Waals surface area (Å²) in [5.41, 5.74) is 8.85. The van der Waals surface area contributed by atoms with Gasteiger partial charge in [-0.15, -0.1) is 12.6 Å². The van der Waals surface area contributed by atoms with E-state index in [-0.39, 0.29) is 0 Å². The fourth-order valence-corrected chi connectivity index (χ4v) is 3.81. The van der Waals surface area contributed by atoms with Crippen molar-refractivity contribution in [2.75, 3.05) is 0 Å². The van der Waals surface area contributed by atoms with Crippen LogP contribution in [0.4, 0.5) is 0 Å². The van der Waals surface area contributed by atoms with Crippen LogP contribution in [0.2, 0.25) is 5.02 Å². The van der Waals surface area contributed by atoms with Gasteiger partial charge in [-0.25, -0.2) is 0 Å². The third-order valence-corrected chi connectivity index (χ3v) is 5.26. The van der Waals surface area contributed by atoms with Gasteiger partial charge in [-0.05, 0) is 38.8 Å². The van der Waals surface area contributed by atoms with Crippen LogP contribution in [0.1, 0.15) is 37.1 Å². The van der Waals surface area contributed by atoms with Crippen LogP contribution in [0.3, 0.4) is 0 Å². The summed E-state index contributed by atoms with van der Waals surface area (Å²) in [6.07, 6.45) is 6.97. The minimum Gasteiger partial charge on any atom is -0.361 e. The fourth-order valence-electron chi connectivity index (χ4n) is 3.20. The van der Waals surface area contributed by atoms with Crippen LogP contribution < -0.4 is 5.73 Å². The molecule has 0 bridgehead atoms. The molecule has 0 radical (unpaired) electrons. The normalized spacial score (nSPS) is 14.6. The molecule has 3 aromatic rings. The number of nitrogens with two attached hydrogens (primary N) is 1. The van der Waals surface area contributed by atoms with Gasteiger partial charge >= 0.3 is 0 Å². The van der Waals surface area contributed by atoms with Crippen molar-refractivity contribution >= 4 is 35.1 Å². The maximum atomic E-state index is 6.48. The Morgan fingerprint density at radius 2 is 2.00 bits per heavy atom. The van der Waals surface area contributed by atoms with Crippen LogP contribution in [0.25, 0.3) is 22.0 Å². The van der Waals surface area contributed by atoms with Crippen LogP contribution in [0.5, 0.6) is 0 Å². The number of halogens is 1. The summed E-state index contributed by atoms with van der Waals surface area (Å²) >= 11 is 11.0. The Hall–Kier alpha value is -1.56. The van der Waals surface area contributed by atoms with E-state index >= 15 is 0 Å². The molecule has 1 fully saturated rings. The van der Waals surface area contributed by atoms with E-state index in [9.17, 15) is 0 Å². The molecule has 0 aliphatic heterocycles. The first-order valence-corrected chi connectivity index (χ1v) is 9.26. The van der Waals surface area contributed by atoms with E-state index in [0.717, 1.165) is 38.4 Å². The quantitative estimate of drug-likeness (QED) is 0.563. The monoisotopic (exact) mass is 375 g/mol. The molecule has 0 spiro atoms. The minimum atomic E-state index is 0.546. The second kappa shape index (κ2) is 7.77. The van der Waals surface area contributed by atoms with Crippen molar-refractivity contribution in [1.29, 1.82) is 0 Å². The van der Waals surface area contributed by atoms with Gasteiger partial charge in [0.1, 0.15) is 5.76 Å². The van der Waals surface area contributed by atoms with Gasteiger partial charge < -0.3 is 10.3 Å². The molecule has 4 nitrogen and oxygen atoms in total. The van der Waals surface area contributed by atoms with Crippen molar-refractivity contribution in [2.24, 2.45) is 5.73 Å². The molecule has 2 aromatic heterocycles. The van der Waals surface area contributed by atoms with Crippen LogP contribution in [-0.2, 0) is 0 Å². The van der Waals surface area contributed by atoms with E-state index in [1.807, 2.05) is 32.0 Å². The van der Waals surface area contributed by atoms with Crippen molar-refractivity contribution in [3.8, 4) is 11.1 Å². The van der Waals surface area contributed by atoms with Gasteiger partial charge in [-0.2, -0.15) is 0 Å². The Labute approximate surface area is 158 Å². The molecule has 6 heteroatoms. The zero-order valence-electron chi connectivity index (χ0n) is 14.4. The summed E-state index contributed by atoms with van der Waals surface area (Å²) in [6, 6.07) is 6.30. The Morgan fingerprint density at radius 1 is 1.28 bits per heavy atom. The molecule has 25 heavy (non-hydrogen) atoms. The molecule has 0 amide bonds. The van der Waals surface area contributed by atoms with Gasteiger partial charge in [0.2, 0.25) is 0 Å². The van der Waals surface area contributed by atoms with Gasteiger partial charge in [-0.3, -0.25) is 4.98 Å². The lowest BCUT2D eigenvalue weighted by molar-refractivity contribution is 0.393. The zero-order chi connectivity index (χ0) is 18.0. The zero-order valence-corrected chi connectivity index (χ0v) is 16.1. The second-order valence-corrected chi connectivity index (χ2v) is 7.26. The van der Waals surface area contributed by atoms with E-state index < -0.39 is 0 Å². The third kappa shape index (κ3) is 3.84. The third-order valence-electron chi connectivity index (χ3n) is 4.51. The first-order valence-electron chi connectivity index (χ1n) is 8.44. The number of rotatable bonds is 1. The summed E-state index contributed by atoms with van der Waals surface area (Å²) in [5, 5.41) is 5.50. The maximum absolute atomic E-state index is 6.48. The van der Waals surface area contributed by atoms with Crippen LogP contribution >= 0.6 is 24.2 Å². The summed E-state index contributed by atoms with van der Waals surface area (Å²) in [5.74, 6) is 0.738. The molecule has 2 heterocycles. The smallest absolute Gasteiger partial charge is 0.141 e. The number of nitrogens with zero attached hydrogens (tertiary/aromatic N) is 2. The molecule has 0 atom stereocenters. The van der Waals surface area contributed by atoms with Gasteiger partial charge in [0.15, 0.2) is 0 Å². The van der Waals surface area contributed by atoms with Crippen LogP contribution in [0.15, 0.2) is 33.8 Å². The standard InChI is InChI=1S/C14H11ClN2OS.C5H11N/c1-7-12(8(2)18-17-7)10-6-11(19)9-4-3-5-16-14(9)13(10)15;6-5-3-1-2-4-5/h3-6,19H,1-2H3;5H,1-4,6H2. The number of hydrogen-bond donors (Lipinski definition) is 2. The SMILES string of the molecule is Cc1noc(C)c1-c1cc(S)c2cccnc2c1Cl.NC1CCCC1. The van der Waals surface area contributed by atoms with E-state index in [1.165, 1.54) is 25.7 Å². The lowest BCUT2D eigenvalue weighted by atomic mass is 10.0. The first kappa shape index (κ1) is 18.2. The lowest BCUT2D eigenvalue weighted by Crippen LogP contribution is -2.13. The highest BCUT2D eigenvalue weighted by molar-refractivity contribution is 7.80. The number of aromatic nitrogens is 2. The molecule has 4 rings (SSSR count). The molecule has 1 aromatic carbocycles. The predicted molar refractivity (Wildman–Crippen MR) is 105 cm³/mol. The maximum Gasteiger partial charge on any atom is 0.141 e. The van der Waals surface area contributed by atoms with E-state index in [1.54, 1.807) is 6.20 Å². The summed E-state index contributed by atoms with van der Waals surface area (Å²) in [7, 11) is 0. The Kier molecular flexibility index (Phi) is 5.67. The predicted octanol–water partition coefficient (Wildman–Crippen LogP) is 5.34. The summed E-state index contributed by atoms with van der Waals surface area (Å²) in [4.78, 5) is 5.18. The number of aryl methyl sites for hydroxylation is 2. The average Bonchev–Trinajstić information content (AvgIpc) is 3.21. The Morgan fingerprint density at radius 3 is 2.56 bits per heavy atom. The van der Waals surface area contributed by atoms with Crippen molar-refractivity contribution < 1.29 is 4.52 Å². The number of pyridine rings is 1. The van der Waals surface area contributed by atoms with E-state index in [2.05, 4.69) is 22.8 Å². The molecule has 132 valence electrons. The number of thiol groups is 1. The van der Waals surface area contributed by atoms with Gasteiger partial charge in [-0.1, -0.05) is 35.7 Å². The van der Waals surface area contributed by atoms with Crippen LogP contribution in [0, 0.1) is 13.8 Å². The summed E-state index contributed by atoms with van der Waals surface area (Å²) in [6.45, 7) is 3.76. The van der Waals surface area contributed by atoms with Crippen molar-refractivity contribution in [3.05, 3.63) is 40.9 Å². The molecule has 1 aliphatic carbocycles. The highest BCUT2D eigenvalue weighted by Gasteiger charge is 2.18. The van der Waals surface area contributed by atoms with E-state index in [0.29, 0.717) is 11.1 Å².